The molecule has 0 spiro atoms. The molecule has 3 heteroatoms. The number of benzene rings is 4. The summed E-state index contributed by atoms with van der Waals surface area (Å²) >= 11 is 0. The molecular formula is C38H30N2O. The van der Waals surface area contributed by atoms with Crippen LogP contribution in [0.3, 0.4) is 0 Å². The molecule has 0 saturated carbocycles. The molecule has 0 amide bonds. The van der Waals surface area contributed by atoms with Crippen LogP contribution in [0.1, 0.15) is 22.3 Å². The molecule has 0 saturated heterocycles. The molecule has 6 rings (SSSR count). The first-order valence-electron chi connectivity index (χ1n) is 13.8. The maximum atomic E-state index is 5.94. The van der Waals surface area contributed by atoms with E-state index in [2.05, 4.69) is 119 Å². The second-order valence-corrected chi connectivity index (χ2v) is 9.90. The normalized spacial score (nSPS) is 11.1. The Morgan fingerprint density at radius 3 is 1.51 bits per heavy atom. The van der Waals surface area contributed by atoms with Crippen molar-refractivity contribution < 1.29 is 4.74 Å². The van der Waals surface area contributed by atoms with Crippen LogP contribution in [0, 0.1) is 0 Å². The predicted molar refractivity (Wildman–Crippen MR) is 169 cm³/mol. The van der Waals surface area contributed by atoms with E-state index in [4.69, 9.17) is 4.74 Å². The molecule has 0 unspecified atom stereocenters. The number of hydrogen-bond donors (Lipinski definition) is 0. The van der Waals surface area contributed by atoms with E-state index in [1.165, 1.54) is 33.4 Å². The van der Waals surface area contributed by atoms with E-state index < -0.39 is 0 Å². The van der Waals surface area contributed by atoms with Gasteiger partial charge in [0.1, 0.15) is 0 Å². The number of pyridine rings is 2. The first kappa shape index (κ1) is 26.1. The minimum absolute atomic E-state index is 0.517. The number of rotatable bonds is 9. The van der Waals surface area contributed by atoms with Crippen molar-refractivity contribution in [2.45, 2.75) is 13.2 Å². The van der Waals surface area contributed by atoms with Gasteiger partial charge in [-0.15, -0.1) is 0 Å². The lowest BCUT2D eigenvalue weighted by atomic mass is 10.0. The van der Waals surface area contributed by atoms with Gasteiger partial charge in [0.05, 0.1) is 24.6 Å². The highest BCUT2D eigenvalue weighted by atomic mass is 16.5. The molecule has 0 aliphatic carbocycles. The Balaban J connectivity index is 1.00. The third-order valence-electron chi connectivity index (χ3n) is 6.97. The standard InChI is InChI=1S/C38H30N2O/c1-2-6-33(7-3-1)34-18-11-29(12-19-34)9-10-30-13-20-35(21-14-30)36-22-15-31(16-23-36)27-41-28-32-17-24-38(40-26-32)37-8-4-5-25-39-37/h1-26H,27-28H2/b10-9-. The Morgan fingerprint density at radius 1 is 0.439 bits per heavy atom. The number of hydrogen-bond acceptors (Lipinski definition) is 3. The number of nitrogens with zero attached hydrogens (tertiary/aromatic N) is 2. The molecule has 198 valence electrons. The largest absolute Gasteiger partial charge is 0.372 e. The van der Waals surface area contributed by atoms with Crippen LogP contribution in [0.15, 0.2) is 146 Å². The molecule has 2 aromatic heterocycles. The second-order valence-electron chi connectivity index (χ2n) is 9.90. The van der Waals surface area contributed by atoms with E-state index in [1.54, 1.807) is 6.20 Å². The van der Waals surface area contributed by atoms with E-state index in [1.807, 2.05) is 42.6 Å². The predicted octanol–water partition coefficient (Wildman–Crippen LogP) is 9.36. The van der Waals surface area contributed by atoms with E-state index in [-0.39, 0.29) is 0 Å². The summed E-state index contributed by atoms with van der Waals surface area (Å²) < 4.78 is 5.94. The van der Waals surface area contributed by atoms with Crippen LogP contribution in [-0.2, 0) is 18.0 Å². The van der Waals surface area contributed by atoms with Gasteiger partial charge in [-0.05, 0) is 62.7 Å². The van der Waals surface area contributed by atoms with E-state index >= 15 is 0 Å². The molecular weight excluding hydrogens is 500 g/mol. The van der Waals surface area contributed by atoms with E-state index in [9.17, 15) is 0 Å². The first-order chi connectivity index (χ1) is 20.3. The fourth-order valence-corrected chi connectivity index (χ4v) is 4.65. The third kappa shape index (κ3) is 6.91. The zero-order chi connectivity index (χ0) is 27.7. The Kier molecular flexibility index (Phi) is 8.17. The topological polar surface area (TPSA) is 35.0 Å². The Labute approximate surface area is 241 Å². The highest BCUT2D eigenvalue weighted by Gasteiger charge is 2.03. The van der Waals surface area contributed by atoms with Gasteiger partial charge >= 0.3 is 0 Å². The van der Waals surface area contributed by atoms with Crippen molar-refractivity contribution in [3.05, 3.63) is 168 Å². The van der Waals surface area contributed by atoms with Crippen molar-refractivity contribution >= 4 is 12.2 Å². The van der Waals surface area contributed by atoms with Crippen molar-refractivity contribution in [2.75, 3.05) is 0 Å². The summed E-state index contributed by atoms with van der Waals surface area (Å²) in [5, 5.41) is 0. The molecule has 6 aromatic rings. The van der Waals surface area contributed by atoms with Gasteiger partial charge in [-0.3, -0.25) is 9.97 Å². The fourth-order valence-electron chi connectivity index (χ4n) is 4.65. The summed E-state index contributed by atoms with van der Waals surface area (Å²) in [4.78, 5) is 8.87. The highest BCUT2D eigenvalue weighted by Crippen LogP contribution is 2.23. The van der Waals surface area contributed by atoms with Crippen LogP contribution < -0.4 is 0 Å². The summed E-state index contributed by atoms with van der Waals surface area (Å²) in [5.74, 6) is 0. The average molecular weight is 531 g/mol. The molecule has 0 aliphatic heterocycles. The van der Waals surface area contributed by atoms with Crippen molar-refractivity contribution in [3.8, 4) is 33.6 Å². The Hall–Kier alpha value is -5.12. The molecule has 4 aromatic carbocycles. The lowest BCUT2D eigenvalue weighted by Gasteiger charge is -2.07. The van der Waals surface area contributed by atoms with Gasteiger partial charge in [0.25, 0.3) is 0 Å². The van der Waals surface area contributed by atoms with Crippen molar-refractivity contribution in [1.82, 2.24) is 9.97 Å². The summed E-state index contributed by atoms with van der Waals surface area (Å²) in [6.45, 7) is 1.07. The quantitative estimate of drug-likeness (QED) is 0.175. The summed E-state index contributed by atoms with van der Waals surface area (Å²) in [6, 6.07) is 46.2. The smallest absolute Gasteiger partial charge is 0.0886 e. The van der Waals surface area contributed by atoms with E-state index in [0.717, 1.165) is 22.5 Å². The number of ether oxygens (including phenoxy) is 1. The molecule has 0 aliphatic rings. The molecule has 41 heavy (non-hydrogen) atoms. The van der Waals surface area contributed by atoms with Gasteiger partial charge < -0.3 is 4.74 Å². The maximum Gasteiger partial charge on any atom is 0.0886 e. The van der Waals surface area contributed by atoms with Crippen molar-refractivity contribution in [1.29, 1.82) is 0 Å². The lowest BCUT2D eigenvalue weighted by molar-refractivity contribution is 0.107. The SMILES string of the molecule is C(=C/c1ccc(-c2ccc(COCc3ccc(-c4ccccn4)nc3)cc2)cc1)/c1ccc(-c2ccccc2)cc1. The molecule has 0 radical (unpaired) electrons. The van der Waals surface area contributed by atoms with Crippen LogP contribution in [0.25, 0.3) is 45.8 Å². The van der Waals surface area contributed by atoms with Crippen LogP contribution in [0.2, 0.25) is 0 Å². The fraction of sp³-hybridized carbons (Fsp3) is 0.0526. The second kappa shape index (κ2) is 12.8. The van der Waals surface area contributed by atoms with Gasteiger partial charge in [0.2, 0.25) is 0 Å². The zero-order valence-corrected chi connectivity index (χ0v) is 22.7. The van der Waals surface area contributed by atoms with Gasteiger partial charge in [-0.25, -0.2) is 0 Å². The molecule has 0 atom stereocenters. The van der Waals surface area contributed by atoms with Crippen LogP contribution in [-0.4, -0.2) is 9.97 Å². The van der Waals surface area contributed by atoms with Gasteiger partial charge in [-0.2, -0.15) is 0 Å². The molecule has 0 fully saturated rings. The summed E-state index contributed by atoms with van der Waals surface area (Å²) in [5.41, 5.74) is 11.1. The Morgan fingerprint density at radius 2 is 0.951 bits per heavy atom. The minimum Gasteiger partial charge on any atom is -0.372 e. The molecule has 2 heterocycles. The Bertz CT molecular complexity index is 1690. The lowest BCUT2D eigenvalue weighted by Crippen LogP contribution is -1.96. The molecule has 3 nitrogen and oxygen atoms in total. The van der Waals surface area contributed by atoms with Gasteiger partial charge in [-0.1, -0.05) is 127 Å². The third-order valence-corrected chi connectivity index (χ3v) is 6.97. The highest BCUT2D eigenvalue weighted by molar-refractivity contribution is 5.74. The molecule has 0 N–H and O–H groups in total. The van der Waals surface area contributed by atoms with Crippen LogP contribution >= 0.6 is 0 Å². The maximum absolute atomic E-state index is 5.94. The summed E-state index contributed by atoms with van der Waals surface area (Å²) in [6.07, 6.45) is 7.94. The summed E-state index contributed by atoms with van der Waals surface area (Å²) in [7, 11) is 0. The van der Waals surface area contributed by atoms with Crippen LogP contribution in [0.5, 0.6) is 0 Å². The van der Waals surface area contributed by atoms with Gasteiger partial charge in [0.15, 0.2) is 0 Å². The van der Waals surface area contributed by atoms with Crippen molar-refractivity contribution in [3.63, 3.8) is 0 Å². The van der Waals surface area contributed by atoms with E-state index in [0.29, 0.717) is 13.2 Å². The average Bonchev–Trinajstić information content (AvgIpc) is 3.06. The van der Waals surface area contributed by atoms with Gasteiger partial charge in [0, 0.05) is 12.4 Å². The zero-order valence-electron chi connectivity index (χ0n) is 22.7. The van der Waals surface area contributed by atoms with Crippen LogP contribution in [0.4, 0.5) is 0 Å². The number of aromatic nitrogens is 2. The monoisotopic (exact) mass is 530 g/mol. The molecule has 0 bridgehead atoms. The van der Waals surface area contributed by atoms with Crippen molar-refractivity contribution in [2.24, 2.45) is 0 Å². The minimum atomic E-state index is 0.517. The first-order valence-corrected chi connectivity index (χ1v) is 13.8.